The third kappa shape index (κ3) is 6.13. The van der Waals surface area contributed by atoms with Gasteiger partial charge in [-0.3, -0.25) is 4.79 Å². The average molecular weight is 563 g/mol. The van der Waals surface area contributed by atoms with Crippen LogP contribution in [0.25, 0.3) is 22.3 Å². The molecule has 0 saturated carbocycles. The van der Waals surface area contributed by atoms with Gasteiger partial charge in [-0.1, -0.05) is 19.8 Å². The summed E-state index contributed by atoms with van der Waals surface area (Å²) in [6.45, 7) is 10.8. The van der Waals surface area contributed by atoms with Gasteiger partial charge in [0, 0.05) is 44.2 Å². The van der Waals surface area contributed by atoms with Crippen molar-refractivity contribution in [3.63, 3.8) is 0 Å². The van der Waals surface area contributed by atoms with E-state index in [1.807, 2.05) is 36.3 Å². The highest BCUT2D eigenvalue weighted by molar-refractivity contribution is 5.83. The van der Waals surface area contributed by atoms with E-state index < -0.39 is 11.6 Å². The second-order valence-electron chi connectivity index (χ2n) is 10.7. The van der Waals surface area contributed by atoms with Crippen molar-refractivity contribution in [3.05, 3.63) is 54.1 Å². The van der Waals surface area contributed by atoms with E-state index in [0.717, 1.165) is 44.2 Å². The number of amides is 1. The molecule has 11 heteroatoms. The molecule has 3 aromatic heterocycles. The first-order valence-corrected chi connectivity index (χ1v) is 14.2. The quantitative estimate of drug-likeness (QED) is 0.249. The Balaban J connectivity index is 1.28. The Labute approximate surface area is 238 Å². The van der Waals surface area contributed by atoms with Gasteiger partial charge in [-0.25, -0.2) is 28.7 Å². The Hall–Kier alpha value is -4.15. The molecule has 1 aromatic carbocycles. The van der Waals surface area contributed by atoms with Gasteiger partial charge >= 0.3 is 0 Å². The third-order valence-electron chi connectivity index (χ3n) is 7.44. The number of hydrogen-bond donors (Lipinski definition) is 1. The maximum atomic E-state index is 15.0. The molecule has 1 fully saturated rings. The number of hydrogen-bond acceptors (Lipinski definition) is 7. The largest absolute Gasteiger partial charge is 0.367 e. The fraction of sp³-hybridized carbons (Fsp3) is 0.433. The summed E-state index contributed by atoms with van der Waals surface area (Å²) in [6, 6.07) is 6.76. The van der Waals surface area contributed by atoms with E-state index >= 15 is 0 Å². The van der Waals surface area contributed by atoms with E-state index in [-0.39, 0.29) is 29.1 Å². The number of aromatic nitrogens is 5. The molecule has 9 nitrogen and oxygen atoms in total. The molecule has 0 unspecified atom stereocenters. The Morgan fingerprint density at radius 3 is 2.46 bits per heavy atom. The minimum absolute atomic E-state index is 0.0174. The van der Waals surface area contributed by atoms with Crippen LogP contribution in [0.2, 0.25) is 0 Å². The standard InChI is InChI=1S/C30H36F2N8O/c1-5-6-7-8-27(41)39-13-11-38(12-14-39)22-9-10-26(33-17-22)36-30-34-18-24(32)28(37-30)21-15-23(31)29-25(16-21)40(19(2)3)20(4)35-29/h9-10,15-19H,5-8,11-14H2,1-4H3,(H,33,34,36,37). The summed E-state index contributed by atoms with van der Waals surface area (Å²) in [5.74, 6) is 0.359. The second kappa shape index (κ2) is 12.2. The number of unbranched alkanes of at least 4 members (excludes halogenated alkanes) is 2. The van der Waals surface area contributed by atoms with Gasteiger partial charge in [0.1, 0.15) is 22.9 Å². The van der Waals surface area contributed by atoms with Gasteiger partial charge in [0.05, 0.1) is 23.6 Å². The molecule has 4 aromatic rings. The van der Waals surface area contributed by atoms with Crippen molar-refractivity contribution in [3.8, 4) is 11.3 Å². The normalized spacial score (nSPS) is 13.8. The summed E-state index contributed by atoms with van der Waals surface area (Å²) in [6.07, 6.45) is 6.58. The maximum Gasteiger partial charge on any atom is 0.229 e. The number of anilines is 3. The van der Waals surface area contributed by atoms with Crippen molar-refractivity contribution in [2.45, 2.75) is 59.4 Å². The first-order chi connectivity index (χ1) is 19.7. The number of nitrogens with zero attached hydrogens (tertiary/aromatic N) is 7. The van der Waals surface area contributed by atoms with Gasteiger partial charge in [-0.2, -0.15) is 0 Å². The van der Waals surface area contributed by atoms with Gasteiger partial charge in [0.2, 0.25) is 11.9 Å². The minimum atomic E-state index is -0.659. The van der Waals surface area contributed by atoms with Gasteiger partial charge in [-0.05, 0) is 51.5 Å². The Bertz CT molecular complexity index is 1530. The lowest BCUT2D eigenvalue weighted by Gasteiger charge is -2.36. The lowest BCUT2D eigenvalue weighted by Crippen LogP contribution is -2.48. The Morgan fingerprint density at radius 1 is 1.00 bits per heavy atom. The molecule has 0 spiro atoms. The molecular weight excluding hydrogens is 526 g/mol. The molecule has 0 radical (unpaired) electrons. The second-order valence-corrected chi connectivity index (χ2v) is 10.7. The highest BCUT2D eigenvalue weighted by Gasteiger charge is 2.22. The number of imidazole rings is 1. The van der Waals surface area contributed by atoms with Crippen LogP contribution in [0.1, 0.15) is 58.3 Å². The van der Waals surface area contributed by atoms with Crippen molar-refractivity contribution < 1.29 is 13.6 Å². The van der Waals surface area contributed by atoms with Crippen LogP contribution in [-0.2, 0) is 4.79 Å². The predicted molar refractivity (Wildman–Crippen MR) is 156 cm³/mol. The highest BCUT2D eigenvalue weighted by atomic mass is 19.1. The van der Waals surface area contributed by atoms with Crippen LogP contribution in [0.4, 0.5) is 26.2 Å². The van der Waals surface area contributed by atoms with Gasteiger partial charge in [0.25, 0.3) is 0 Å². The number of pyridine rings is 1. The van der Waals surface area contributed by atoms with E-state index in [2.05, 4.69) is 37.1 Å². The van der Waals surface area contributed by atoms with Crippen molar-refractivity contribution in [1.82, 2.24) is 29.4 Å². The number of fused-ring (bicyclic) bond motifs is 1. The van der Waals surface area contributed by atoms with Gasteiger partial charge in [-0.15, -0.1) is 0 Å². The van der Waals surface area contributed by atoms with Crippen LogP contribution in [-0.4, -0.2) is 61.5 Å². The summed E-state index contributed by atoms with van der Waals surface area (Å²) < 4.78 is 31.8. The average Bonchev–Trinajstić information content (AvgIpc) is 3.31. The van der Waals surface area contributed by atoms with Crippen LogP contribution in [0.3, 0.4) is 0 Å². The molecule has 1 aliphatic heterocycles. The molecule has 5 rings (SSSR count). The van der Waals surface area contributed by atoms with Crippen molar-refractivity contribution in [1.29, 1.82) is 0 Å². The lowest BCUT2D eigenvalue weighted by atomic mass is 10.1. The van der Waals surface area contributed by atoms with Crippen LogP contribution in [0.5, 0.6) is 0 Å². The summed E-state index contributed by atoms with van der Waals surface area (Å²) in [5.41, 5.74) is 2.06. The number of halogens is 2. The van der Waals surface area contributed by atoms with E-state index in [4.69, 9.17) is 0 Å². The molecular formula is C30H36F2N8O. The smallest absolute Gasteiger partial charge is 0.229 e. The maximum absolute atomic E-state index is 15.0. The van der Waals surface area contributed by atoms with E-state index in [9.17, 15) is 13.6 Å². The lowest BCUT2D eigenvalue weighted by molar-refractivity contribution is -0.131. The molecule has 216 valence electrons. The predicted octanol–water partition coefficient (Wildman–Crippen LogP) is 6.03. The third-order valence-corrected chi connectivity index (χ3v) is 7.44. The summed E-state index contributed by atoms with van der Waals surface area (Å²) >= 11 is 0. The zero-order valence-corrected chi connectivity index (χ0v) is 24.0. The van der Waals surface area contributed by atoms with E-state index in [0.29, 0.717) is 42.2 Å². The van der Waals surface area contributed by atoms with Crippen LogP contribution < -0.4 is 10.2 Å². The number of piperazine rings is 1. The van der Waals surface area contributed by atoms with Crippen LogP contribution in [0.15, 0.2) is 36.7 Å². The van der Waals surface area contributed by atoms with Gasteiger partial charge < -0.3 is 19.7 Å². The van der Waals surface area contributed by atoms with Crippen molar-refractivity contribution >= 4 is 34.4 Å². The number of carbonyl (C=O) groups is 1. The summed E-state index contributed by atoms with van der Waals surface area (Å²) in [7, 11) is 0. The first kappa shape index (κ1) is 28.4. The van der Waals surface area contributed by atoms with Crippen LogP contribution >= 0.6 is 0 Å². The summed E-state index contributed by atoms with van der Waals surface area (Å²) in [4.78, 5) is 33.8. The van der Waals surface area contributed by atoms with Gasteiger partial charge in [0.15, 0.2) is 11.6 Å². The molecule has 1 amide bonds. The Morgan fingerprint density at radius 2 is 1.78 bits per heavy atom. The minimum Gasteiger partial charge on any atom is -0.367 e. The fourth-order valence-electron chi connectivity index (χ4n) is 5.35. The molecule has 1 aliphatic rings. The van der Waals surface area contributed by atoms with Crippen molar-refractivity contribution in [2.75, 3.05) is 36.4 Å². The first-order valence-electron chi connectivity index (χ1n) is 14.2. The number of rotatable bonds is 9. The number of nitrogens with one attached hydrogen (secondary N) is 1. The van der Waals surface area contributed by atoms with E-state index in [1.165, 1.54) is 6.07 Å². The van der Waals surface area contributed by atoms with Crippen molar-refractivity contribution in [2.24, 2.45) is 0 Å². The molecule has 41 heavy (non-hydrogen) atoms. The zero-order chi connectivity index (χ0) is 29.1. The fourth-order valence-corrected chi connectivity index (χ4v) is 5.35. The molecule has 1 saturated heterocycles. The number of aryl methyl sites for hydroxylation is 1. The SMILES string of the molecule is CCCCCC(=O)N1CCN(c2ccc(Nc3ncc(F)c(-c4cc(F)c5nc(C)n(C(C)C)c5c4)n3)nc2)CC1. The number of benzene rings is 1. The Kier molecular flexibility index (Phi) is 8.41. The molecule has 4 heterocycles. The zero-order valence-electron chi connectivity index (χ0n) is 24.0. The molecule has 0 aliphatic carbocycles. The summed E-state index contributed by atoms with van der Waals surface area (Å²) in [5, 5.41) is 3.02. The topological polar surface area (TPSA) is 92.1 Å². The number of carbonyl (C=O) groups excluding carboxylic acids is 1. The molecule has 1 N–H and O–H groups in total. The van der Waals surface area contributed by atoms with E-state index in [1.54, 1.807) is 18.3 Å². The molecule has 0 atom stereocenters. The van der Waals surface area contributed by atoms with Crippen LogP contribution in [0, 0.1) is 18.6 Å². The highest BCUT2D eigenvalue weighted by Crippen LogP contribution is 2.30. The monoisotopic (exact) mass is 562 g/mol. The molecule has 0 bridgehead atoms.